The Balaban J connectivity index is 1.89. The molecule has 0 radical (unpaired) electrons. The zero-order valence-electron chi connectivity index (χ0n) is 15.9. The lowest BCUT2D eigenvalue weighted by Gasteiger charge is -2.39. The van der Waals surface area contributed by atoms with Gasteiger partial charge in [-0.3, -0.25) is 4.90 Å². The Morgan fingerprint density at radius 2 is 1.88 bits per heavy atom. The Hall–Kier alpha value is -1.79. The quantitative estimate of drug-likeness (QED) is 0.795. The van der Waals surface area contributed by atoms with E-state index in [0.717, 1.165) is 26.2 Å². The third kappa shape index (κ3) is 5.90. The van der Waals surface area contributed by atoms with E-state index in [1.807, 2.05) is 31.2 Å². The van der Waals surface area contributed by atoms with Crippen LogP contribution in [0.2, 0.25) is 0 Å². The second-order valence-electron chi connectivity index (χ2n) is 6.91. The molecule has 2 amide bonds. The number of anilines is 1. The summed E-state index contributed by atoms with van der Waals surface area (Å²) >= 11 is 0. The molecule has 1 aromatic rings. The van der Waals surface area contributed by atoms with Crippen molar-refractivity contribution in [3.05, 3.63) is 24.3 Å². The van der Waals surface area contributed by atoms with Gasteiger partial charge in [-0.05, 0) is 32.0 Å². The highest BCUT2D eigenvalue weighted by Crippen LogP contribution is 2.23. The number of piperazine rings is 1. The number of amides is 2. The van der Waals surface area contributed by atoms with Crippen LogP contribution in [0.5, 0.6) is 5.75 Å². The molecule has 2 N–H and O–H groups in total. The molecule has 0 bridgehead atoms. The summed E-state index contributed by atoms with van der Waals surface area (Å²) < 4.78 is 5.55. The van der Waals surface area contributed by atoms with Gasteiger partial charge in [0, 0.05) is 38.8 Å². The minimum Gasteiger partial charge on any atom is -0.492 e. The predicted octanol–water partition coefficient (Wildman–Crippen LogP) is 2.48. The number of hydrogen-bond donors (Lipinski definition) is 2. The fourth-order valence-corrected chi connectivity index (χ4v) is 3.16. The molecule has 6 nitrogen and oxygen atoms in total. The number of hydrogen-bond acceptors (Lipinski definition) is 4. The molecule has 1 saturated heterocycles. The van der Waals surface area contributed by atoms with Gasteiger partial charge in [0.1, 0.15) is 5.75 Å². The molecule has 1 unspecified atom stereocenters. The van der Waals surface area contributed by atoms with E-state index in [1.165, 1.54) is 0 Å². The van der Waals surface area contributed by atoms with Crippen LogP contribution in [-0.4, -0.2) is 68.3 Å². The third-order valence-corrected chi connectivity index (χ3v) is 4.68. The summed E-state index contributed by atoms with van der Waals surface area (Å²) in [5.74, 6) is 1.18. The summed E-state index contributed by atoms with van der Waals surface area (Å²) in [6.07, 6.45) is 0. The molecule has 0 aliphatic carbocycles. The largest absolute Gasteiger partial charge is 0.492 e. The van der Waals surface area contributed by atoms with Gasteiger partial charge in [0.2, 0.25) is 0 Å². The van der Waals surface area contributed by atoms with Crippen LogP contribution in [0.3, 0.4) is 0 Å². The first-order valence-corrected chi connectivity index (χ1v) is 9.20. The van der Waals surface area contributed by atoms with Crippen molar-refractivity contribution in [1.29, 1.82) is 0 Å². The zero-order chi connectivity index (χ0) is 18.2. The molecule has 2 rings (SSSR count). The van der Waals surface area contributed by atoms with E-state index >= 15 is 0 Å². The van der Waals surface area contributed by atoms with Crippen LogP contribution in [0.1, 0.15) is 20.8 Å². The van der Waals surface area contributed by atoms with E-state index in [1.54, 1.807) is 0 Å². The Morgan fingerprint density at radius 1 is 1.20 bits per heavy atom. The highest BCUT2D eigenvalue weighted by Gasteiger charge is 2.25. The number of nitrogens with zero attached hydrogens (tertiary/aromatic N) is 2. The Kier molecular flexibility index (Phi) is 7.52. The third-order valence-electron chi connectivity index (χ3n) is 4.68. The predicted molar refractivity (Wildman–Crippen MR) is 102 cm³/mol. The second kappa shape index (κ2) is 9.63. The van der Waals surface area contributed by atoms with Crippen molar-refractivity contribution in [2.75, 3.05) is 51.7 Å². The number of likely N-dealkylation sites (N-methyl/N-ethyl adjacent to an activating group) is 1. The molecular formula is C19H32N4O2. The van der Waals surface area contributed by atoms with Gasteiger partial charge in [0.25, 0.3) is 0 Å². The Labute approximate surface area is 151 Å². The van der Waals surface area contributed by atoms with Gasteiger partial charge in [-0.2, -0.15) is 0 Å². The maximum Gasteiger partial charge on any atom is 0.319 e. The van der Waals surface area contributed by atoms with Gasteiger partial charge in [0.05, 0.1) is 12.3 Å². The van der Waals surface area contributed by atoms with Crippen LogP contribution in [0.15, 0.2) is 24.3 Å². The molecule has 1 aliphatic rings. The lowest BCUT2D eigenvalue weighted by Crippen LogP contribution is -2.54. The van der Waals surface area contributed by atoms with Crippen LogP contribution >= 0.6 is 0 Å². The average molecular weight is 348 g/mol. The molecule has 1 aromatic carbocycles. The lowest BCUT2D eigenvalue weighted by atomic mass is 10.0. The molecule has 1 aliphatic heterocycles. The van der Waals surface area contributed by atoms with Crippen molar-refractivity contribution in [1.82, 2.24) is 15.1 Å². The smallest absolute Gasteiger partial charge is 0.319 e. The van der Waals surface area contributed by atoms with E-state index in [2.05, 4.69) is 41.3 Å². The summed E-state index contributed by atoms with van der Waals surface area (Å²) in [6.45, 7) is 11.8. The van der Waals surface area contributed by atoms with E-state index in [9.17, 15) is 4.79 Å². The second-order valence-corrected chi connectivity index (χ2v) is 6.91. The summed E-state index contributed by atoms with van der Waals surface area (Å²) in [6, 6.07) is 7.66. The van der Waals surface area contributed by atoms with Crippen LogP contribution in [-0.2, 0) is 0 Å². The van der Waals surface area contributed by atoms with Crippen molar-refractivity contribution in [3.8, 4) is 5.75 Å². The summed E-state index contributed by atoms with van der Waals surface area (Å²) in [5, 5.41) is 5.93. The Bertz CT molecular complexity index is 542. The van der Waals surface area contributed by atoms with Crippen molar-refractivity contribution in [2.24, 2.45) is 5.92 Å². The first kappa shape index (κ1) is 19.5. The number of carbonyl (C=O) groups is 1. The highest BCUT2D eigenvalue weighted by atomic mass is 16.5. The van der Waals surface area contributed by atoms with E-state index in [0.29, 0.717) is 36.5 Å². The number of carbonyl (C=O) groups excluding carboxylic acids is 1. The Morgan fingerprint density at radius 3 is 2.52 bits per heavy atom. The number of urea groups is 1. The van der Waals surface area contributed by atoms with Gasteiger partial charge in [-0.1, -0.05) is 26.0 Å². The molecule has 6 heteroatoms. The molecule has 0 aromatic heterocycles. The van der Waals surface area contributed by atoms with E-state index in [4.69, 9.17) is 4.74 Å². The van der Waals surface area contributed by atoms with Crippen LogP contribution < -0.4 is 15.4 Å². The fourth-order valence-electron chi connectivity index (χ4n) is 3.16. The zero-order valence-corrected chi connectivity index (χ0v) is 15.9. The van der Waals surface area contributed by atoms with Crippen molar-refractivity contribution < 1.29 is 9.53 Å². The van der Waals surface area contributed by atoms with Gasteiger partial charge >= 0.3 is 6.03 Å². The molecule has 140 valence electrons. The van der Waals surface area contributed by atoms with Gasteiger partial charge in [-0.25, -0.2) is 4.79 Å². The minimum absolute atomic E-state index is 0.188. The topological polar surface area (TPSA) is 56.8 Å². The monoisotopic (exact) mass is 348 g/mol. The van der Waals surface area contributed by atoms with Crippen molar-refractivity contribution in [2.45, 2.75) is 26.8 Å². The van der Waals surface area contributed by atoms with E-state index in [-0.39, 0.29) is 6.03 Å². The van der Waals surface area contributed by atoms with Gasteiger partial charge < -0.3 is 20.3 Å². The molecule has 0 saturated carbocycles. The first-order valence-electron chi connectivity index (χ1n) is 9.20. The fraction of sp³-hybridized carbons (Fsp3) is 0.632. The number of benzene rings is 1. The maximum atomic E-state index is 12.3. The SMILES string of the molecule is CCOc1ccccc1NC(=O)NCC(C(C)C)N1CCN(C)CC1. The number of ether oxygens (including phenoxy) is 1. The van der Waals surface area contributed by atoms with E-state index < -0.39 is 0 Å². The van der Waals surface area contributed by atoms with Crippen molar-refractivity contribution >= 4 is 11.7 Å². The first-order chi connectivity index (χ1) is 12.0. The van der Waals surface area contributed by atoms with Crippen LogP contribution in [0.25, 0.3) is 0 Å². The molecule has 0 spiro atoms. The molecule has 1 heterocycles. The number of para-hydroxylation sites is 2. The van der Waals surface area contributed by atoms with Gasteiger partial charge in [-0.15, -0.1) is 0 Å². The molecule has 1 atom stereocenters. The number of nitrogens with one attached hydrogen (secondary N) is 2. The normalized spacial score (nSPS) is 17.3. The summed E-state index contributed by atoms with van der Waals surface area (Å²) in [7, 11) is 2.16. The molecule has 1 fully saturated rings. The maximum absolute atomic E-state index is 12.3. The van der Waals surface area contributed by atoms with Crippen LogP contribution in [0, 0.1) is 5.92 Å². The molecular weight excluding hydrogens is 316 g/mol. The standard InChI is InChI=1S/C19H32N4O2/c1-5-25-18-9-7-6-8-16(18)21-19(24)20-14-17(15(2)3)23-12-10-22(4)11-13-23/h6-9,15,17H,5,10-14H2,1-4H3,(H2,20,21,24). The average Bonchev–Trinajstić information content (AvgIpc) is 2.58. The number of rotatable bonds is 7. The highest BCUT2D eigenvalue weighted by molar-refractivity contribution is 5.90. The van der Waals surface area contributed by atoms with Gasteiger partial charge in [0.15, 0.2) is 0 Å². The summed E-state index contributed by atoms with van der Waals surface area (Å²) in [4.78, 5) is 17.2. The minimum atomic E-state index is -0.188. The molecule has 25 heavy (non-hydrogen) atoms. The summed E-state index contributed by atoms with van der Waals surface area (Å²) in [5.41, 5.74) is 0.697. The van der Waals surface area contributed by atoms with Crippen molar-refractivity contribution in [3.63, 3.8) is 0 Å². The lowest BCUT2D eigenvalue weighted by molar-refractivity contribution is 0.0890. The van der Waals surface area contributed by atoms with Crippen LogP contribution in [0.4, 0.5) is 10.5 Å².